The molecule has 4 aromatic heterocycles. The van der Waals surface area contributed by atoms with Crippen molar-refractivity contribution in [3.63, 3.8) is 0 Å². The number of halogens is 1. The van der Waals surface area contributed by atoms with E-state index in [1.54, 1.807) is 24.7 Å². The lowest BCUT2D eigenvalue weighted by molar-refractivity contribution is 0.00195. The highest BCUT2D eigenvalue weighted by molar-refractivity contribution is 6.29. The third-order valence-corrected chi connectivity index (χ3v) is 10.6. The van der Waals surface area contributed by atoms with Crippen LogP contribution in [0.2, 0.25) is 5.15 Å². The van der Waals surface area contributed by atoms with E-state index in [4.69, 9.17) is 38.3 Å². The summed E-state index contributed by atoms with van der Waals surface area (Å²) in [5.74, 6) is 2.00. The van der Waals surface area contributed by atoms with Gasteiger partial charge < -0.3 is 41.8 Å². The topological polar surface area (TPSA) is 167 Å². The van der Waals surface area contributed by atoms with Gasteiger partial charge in [0.1, 0.15) is 22.6 Å². The number of likely N-dealkylation sites (tertiary alicyclic amines) is 2. The summed E-state index contributed by atoms with van der Waals surface area (Å²) < 4.78 is 11.9. The Bertz CT molecular complexity index is 2140. The Balaban J connectivity index is 0.000000160. The Hall–Kier alpha value is -4.95. The number of nitrogens with one attached hydrogen (secondary N) is 1. The summed E-state index contributed by atoms with van der Waals surface area (Å²) in [4.78, 5) is 21.4. The summed E-state index contributed by atoms with van der Waals surface area (Å²) >= 11 is 5.72. The van der Waals surface area contributed by atoms with Crippen molar-refractivity contribution < 1.29 is 9.47 Å². The lowest BCUT2D eigenvalue weighted by atomic mass is 10.1. The van der Waals surface area contributed by atoms with Crippen LogP contribution in [0.5, 0.6) is 0 Å². The van der Waals surface area contributed by atoms with E-state index in [1.807, 2.05) is 54.7 Å². The van der Waals surface area contributed by atoms with Crippen molar-refractivity contribution in [2.75, 3.05) is 57.1 Å². The van der Waals surface area contributed by atoms with Crippen LogP contribution in [0.3, 0.4) is 0 Å². The first-order valence-corrected chi connectivity index (χ1v) is 20.0. The molecule has 0 radical (unpaired) electrons. The summed E-state index contributed by atoms with van der Waals surface area (Å²) in [5.41, 5.74) is 21.6. The Morgan fingerprint density at radius 3 is 1.61 bits per heavy atom. The molecule has 13 heteroatoms. The highest BCUT2D eigenvalue weighted by atomic mass is 35.5. The average Bonchev–Trinajstić information content (AvgIpc) is 3.24. The Morgan fingerprint density at radius 2 is 1.12 bits per heavy atom. The second kappa shape index (κ2) is 21.0. The lowest BCUT2D eigenvalue weighted by Crippen LogP contribution is -2.34. The van der Waals surface area contributed by atoms with Crippen LogP contribution < -0.4 is 22.5 Å². The van der Waals surface area contributed by atoms with E-state index in [0.717, 1.165) is 95.9 Å². The first-order valence-electron chi connectivity index (χ1n) is 19.6. The molecular weight excluding hydrogens is 736 g/mol. The van der Waals surface area contributed by atoms with Gasteiger partial charge in [-0.3, -0.25) is 0 Å². The van der Waals surface area contributed by atoms with Crippen molar-refractivity contribution in [3.8, 4) is 0 Å². The molecule has 0 atom stereocenters. The number of benzene rings is 2. The van der Waals surface area contributed by atoms with Gasteiger partial charge in [-0.2, -0.15) is 0 Å². The molecule has 0 aliphatic carbocycles. The zero-order valence-electron chi connectivity index (χ0n) is 33.0. The molecule has 2 fully saturated rings. The Morgan fingerprint density at radius 1 is 0.632 bits per heavy atom. The SMILES string of the molecule is CN1CCC(OCc2ccc(Cl)nc2)CC1.CN1CCC(OCc2ccc(NCc3ccc4c(N)nccc4c3)nc2)CC1.NCc1ccc2c(N)nccc2c1. The molecule has 8 rings (SSSR count). The number of pyridine rings is 4. The van der Waals surface area contributed by atoms with Crippen LogP contribution in [-0.4, -0.2) is 82.2 Å². The van der Waals surface area contributed by atoms with E-state index < -0.39 is 0 Å². The molecule has 0 spiro atoms. The molecule has 0 bridgehead atoms. The lowest BCUT2D eigenvalue weighted by Gasteiger charge is -2.28. The van der Waals surface area contributed by atoms with Gasteiger partial charge >= 0.3 is 0 Å². The minimum atomic E-state index is 0.367. The first-order chi connectivity index (χ1) is 27.7. The molecule has 0 amide bonds. The summed E-state index contributed by atoms with van der Waals surface area (Å²) in [5, 5.41) is 8.07. The van der Waals surface area contributed by atoms with E-state index in [0.29, 0.717) is 55.3 Å². The smallest absolute Gasteiger partial charge is 0.131 e. The van der Waals surface area contributed by atoms with Crippen molar-refractivity contribution in [1.82, 2.24) is 29.7 Å². The van der Waals surface area contributed by atoms with Gasteiger partial charge in [-0.15, -0.1) is 0 Å². The quantitative estimate of drug-likeness (QED) is 0.105. The fourth-order valence-corrected chi connectivity index (χ4v) is 6.88. The number of fused-ring (bicyclic) bond motifs is 2. The summed E-state index contributed by atoms with van der Waals surface area (Å²) in [7, 11) is 4.32. The van der Waals surface area contributed by atoms with E-state index in [1.165, 1.54) is 5.56 Å². The molecule has 57 heavy (non-hydrogen) atoms. The van der Waals surface area contributed by atoms with Crippen molar-refractivity contribution in [2.24, 2.45) is 5.73 Å². The van der Waals surface area contributed by atoms with Crippen LogP contribution in [0.15, 0.2) is 97.6 Å². The molecule has 2 aromatic carbocycles. The van der Waals surface area contributed by atoms with Gasteiger partial charge in [0.25, 0.3) is 0 Å². The van der Waals surface area contributed by atoms with E-state index in [2.05, 4.69) is 67.3 Å². The molecule has 2 aliphatic rings. The number of aromatic nitrogens is 4. The van der Waals surface area contributed by atoms with E-state index in [-0.39, 0.29) is 0 Å². The number of hydrogen-bond acceptors (Lipinski definition) is 12. The molecule has 6 heterocycles. The molecule has 0 unspecified atom stereocenters. The minimum absolute atomic E-state index is 0.367. The van der Waals surface area contributed by atoms with Gasteiger partial charge in [0.2, 0.25) is 0 Å². The summed E-state index contributed by atoms with van der Waals surface area (Å²) in [6.07, 6.45) is 12.3. The predicted octanol–water partition coefficient (Wildman–Crippen LogP) is 7.06. The van der Waals surface area contributed by atoms with Crippen LogP contribution in [0.1, 0.15) is 47.9 Å². The van der Waals surface area contributed by atoms with Crippen LogP contribution in [0.25, 0.3) is 21.5 Å². The Kier molecular flexibility index (Phi) is 15.3. The molecule has 300 valence electrons. The monoisotopic (exact) mass is 790 g/mol. The average molecular weight is 791 g/mol. The number of ether oxygens (including phenoxy) is 2. The van der Waals surface area contributed by atoms with Gasteiger partial charge in [-0.25, -0.2) is 19.9 Å². The number of nitrogens with two attached hydrogens (primary N) is 3. The first kappa shape index (κ1) is 41.7. The summed E-state index contributed by atoms with van der Waals surface area (Å²) in [6, 6.07) is 23.9. The van der Waals surface area contributed by atoms with Gasteiger partial charge in [0, 0.05) is 74.8 Å². The van der Waals surface area contributed by atoms with Gasteiger partial charge in [-0.05, 0) is 109 Å². The Labute approximate surface area is 340 Å². The predicted molar refractivity (Wildman–Crippen MR) is 232 cm³/mol. The number of hydrogen-bond donors (Lipinski definition) is 4. The number of anilines is 3. The van der Waals surface area contributed by atoms with Gasteiger partial charge in [0.05, 0.1) is 25.4 Å². The van der Waals surface area contributed by atoms with Gasteiger partial charge in [0.15, 0.2) is 0 Å². The zero-order chi connectivity index (χ0) is 40.0. The van der Waals surface area contributed by atoms with Crippen LogP contribution in [0.4, 0.5) is 17.5 Å². The van der Waals surface area contributed by atoms with Crippen molar-refractivity contribution >= 4 is 50.6 Å². The third kappa shape index (κ3) is 12.8. The second-order valence-electron chi connectivity index (χ2n) is 14.7. The maximum Gasteiger partial charge on any atom is 0.131 e. The number of piperidine rings is 2. The van der Waals surface area contributed by atoms with Crippen LogP contribution >= 0.6 is 11.6 Å². The van der Waals surface area contributed by atoms with Gasteiger partial charge in [-0.1, -0.05) is 48.0 Å². The highest BCUT2D eigenvalue weighted by Gasteiger charge is 2.18. The molecule has 6 aromatic rings. The maximum absolute atomic E-state index is 6.03. The van der Waals surface area contributed by atoms with Crippen molar-refractivity contribution in [3.05, 3.63) is 125 Å². The molecule has 0 saturated carbocycles. The fourth-order valence-electron chi connectivity index (χ4n) is 6.77. The van der Waals surface area contributed by atoms with Crippen molar-refractivity contribution in [2.45, 2.75) is 64.2 Å². The van der Waals surface area contributed by atoms with Crippen molar-refractivity contribution in [1.29, 1.82) is 0 Å². The third-order valence-electron chi connectivity index (χ3n) is 10.3. The zero-order valence-corrected chi connectivity index (χ0v) is 33.7. The fraction of sp³-hybridized carbons (Fsp3) is 0.364. The number of nitrogen functional groups attached to an aromatic ring is 2. The van der Waals surface area contributed by atoms with Crippen LogP contribution in [0, 0.1) is 0 Å². The molecule has 7 N–H and O–H groups in total. The maximum atomic E-state index is 6.03. The summed E-state index contributed by atoms with van der Waals surface area (Å²) in [6.45, 7) is 7.01. The minimum Gasteiger partial charge on any atom is -0.383 e. The molecular formula is C44H55ClN10O2. The molecule has 12 nitrogen and oxygen atoms in total. The molecule has 2 aliphatic heterocycles. The second-order valence-corrected chi connectivity index (χ2v) is 15.1. The number of rotatable bonds is 10. The molecule has 2 saturated heterocycles. The number of nitrogens with zero attached hydrogens (tertiary/aromatic N) is 6. The standard InChI is InChI=1S/C22H27N5O.C12H17ClN2O.C10H11N3/c1-27-10-7-19(8-11-27)28-15-17-3-5-21(26-14-17)25-13-16-2-4-20-18(12-16)6-9-24-22(20)23;1-15-6-4-11(5-7-15)16-9-10-2-3-12(13)14-8-10;11-6-7-1-2-9-8(5-7)3-4-13-10(9)12/h2-6,9,12,14,19H,7-8,10-11,13,15H2,1H3,(H2,23,24)(H,25,26);2-3,8,11H,4-7,9H2,1H3;1-5H,6,11H2,(H2,12,13). The van der Waals surface area contributed by atoms with E-state index >= 15 is 0 Å². The largest absolute Gasteiger partial charge is 0.383 e. The normalized spacial score (nSPS) is 15.4. The van der Waals surface area contributed by atoms with E-state index in [9.17, 15) is 0 Å². The van der Waals surface area contributed by atoms with Crippen LogP contribution in [-0.2, 0) is 35.8 Å². The highest BCUT2D eigenvalue weighted by Crippen LogP contribution is 2.22.